The van der Waals surface area contributed by atoms with Crippen molar-refractivity contribution in [2.45, 2.75) is 32.7 Å². The molecule has 4 rings (SSSR count). The summed E-state index contributed by atoms with van der Waals surface area (Å²) in [6, 6.07) is 10.4. The van der Waals surface area contributed by atoms with E-state index in [1.165, 1.54) is 19.2 Å². The first kappa shape index (κ1) is 23.6. The number of aliphatic imine (C=N–C) groups is 1. The lowest BCUT2D eigenvalue weighted by molar-refractivity contribution is -0.143. The van der Waals surface area contributed by atoms with E-state index < -0.39 is 5.92 Å². The summed E-state index contributed by atoms with van der Waals surface area (Å²) in [5, 5.41) is 3.16. The van der Waals surface area contributed by atoms with Gasteiger partial charge in [-0.1, -0.05) is 19.1 Å². The SMILES string of the molecule is CCC(C(=O)OC)C1=N/C(c2c(-c3ccc(F)cc3)nc3cc(CNC)ccn23)=C\C=C/CC1. The van der Waals surface area contributed by atoms with Gasteiger partial charge in [0.1, 0.15) is 11.5 Å². The second-order valence-corrected chi connectivity index (χ2v) is 8.22. The number of fused-ring (bicyclic) bond motifs is 1. The molecule has 1 aliphatic heterocycles. The molecule has 0 aliphatic carbocycles. The van der Waals surface area contributed by atoms with Crippen LogP contribution in [-0.2, 0) is 16.1 Å². The molecule has 0 fully saturated rings. The molecule has 0 radical (unpaired) electrons. The molecule has 1 atom stereocenters. The number of carbonyl (C=O) groups excluding carboxylic acids is 1. The van der Waals surface area contributed by atoms with Crippen LogP contribution in [-0.4, -0.2) is 35.2 Å². The molecule has 176 valence electrons. The van der Waals surface area contributed by atoms with Crippen molar-refractivity contribution in [2.24, 2.45) is 10.9 Å². The van der Waals surface area contributed by atoms with E-state index in [4.69, 9.17) is 14.7 Å². The molecule has 6 nitrogen and oxygen atoms in total. The summed E-state index contributed by atoms with van der Waals surface area (Å²) >= 11 is 0. The van der Waals surface area contributed by atoms with Gasteiger partial charge in [-0.15, -0.1) is 0 Å². The van der Waals surface area contributed by atoms with Gasteiger partial charge in [0.25, 0.3) is 0 Å². The molecule has 0 spiro atoms. The highest BCUT2D eigenvalue weighted by molar-refractivity contribution is 6.04. The molecular formula is C27H29FN4O2. The van der Waals surface area contributed by atoms with Gasteiger partial charge in [-0.25, -0.2) is 9.37 Å². The van der Waals surface area contributed by atoms with E-state index in [0.717, 1.165) is 41.1 Å². The van der Waals surface area contributed by atoms with Crippen molar-refractivity contribution in [1.29, 1.82) is 0 Å². The summed E-state index contributed by atoms with van der Waals surface area (Å²) in [6.45, 7) is 2.68. The van der Waals surface area contributed by atoms with Crippen molar-refractivity contribution in [3.8, 4) is 11.3 Å². The van der Waals surface area contributed by atoms with Gasteiger partial charge < -0.3 is 10.1 Å². The predicted molar refractivity (Wildman–Crippen MR) is 133 cm³/mol. The van der Waals surface area contributed by atoms with E-state index in [1.807, 2.05) is 48.9 Å². The Kier molecular flexibility index (Phi) is 7.33. The zero-order valence-corrected chi connectivity index (χ0v) is 19.7. The molecule has 2 aromatic heterocycles. The Morgan fingerprint density at radius 2 is 2.06 bits per heavy atom. The second-order valence-electron chi connectivity index (χ2n) is 8.22. The number of pyridine rings is 1. The average molecular weight is 461 g/mol. The molecule has 0 saturated heterocycles. The van der Waals surface area contributed by atoms with Crippen LogP contribution in [0.4, 0.5) is 4.39 Å². The minimum Gasteiger partial charge on any atom is -0.469 e. The number of nitrogens with one attached hydrogen (secondary N) is 1. The first-order valence-corrected chi connectivity index (χ1v) is 11.5. The van der Waals surface area contributed by atoms with Crippen molar-refractivity contribution in [1.82, 2.24) is 14.7 Å². The number of aromatic nitrogens is 2. The molecule has 1 aromatic carbocycles. The minimum atomic E-state index is -0.407. The number of allylic oxidation sites excluding steroid dienone is 3. The summed E-state index contributed by atoms with van der Waals surface area (Å²) < 4.78 is 20.7. The number of esters is 1. The van der Waals surface area contributed by atoms with Crippen LogP contribution in [0.3, 0.4) is 0 Å². The van der Waals surface area contributed by atoms with Crippen molar-refractivity contribution < 1.29 is 13.9 Å². The average Bonchev–Trinajstić information content (AvgIpc) is 3.20. The fourth-order valence-electron chi connectivity index (χ4n) is 4.25. The number of imidazole rings is 1. The third-order valence-electron chi connectivity index (χ3n) is 5.95. The summed E-state index contributed by atoms with van der Waals surface area (Å²) in [5.74, 6) is -0.989. The maximum Gasteiger partial charge on any atom is 0.314 e. The molecule has 1 unspecified atom stereocenters. The highest BCUT2D eigenvalue weighted by atomic mass is 19.1. The number of nitrogens with zero attached hydrogens (tertiary/aromatic N) is 3. The van der Waals surface area contributed by atoms with Crippen LogP contribution in [0.5, 0.6) is 0 Å². The Hall–Kier alpha value is -3.58. The Morgan fingerprint density at radius 1 is 1.26 bits per heavy atom. The quantitative estimate of drug-likeness (QED) is 0.493. The van der Waals surface area contributed by atoms with Gasteiger partial charge in [-0.05, 0) is 74.3 Å². The first-order chi connectivity index (χ1) is 16.5. The largest absolute Gasteiger partial charge is 0.469 e. The van der Waals surface area contributed by atoms with Crippen LogP contribution in [0.2, 0.25) is 0 Å². The number of methoxy groups -OCH3 is 1. The van der Waals surface area contributed by atoms with Gasteiger partial charge in [0.15, 0.2) is 0 Å². The van der Waals surface area contributed by atoms with E-state index in [1.54, 1.807) is 12.1 Å². The Bertz CT molecular complexity index is 1270. The first-order valence-electron chi connectivity index (χ1n) is 11.5. The van der Waals surface area contributed by atoms with Crippen molar-refractivity contribution in [3.05, 3.63) is 77.9 Å². The summed E-state index contributed by atoms with van der Waals surface area (Å²) in [5.41, 5.74) is 5.64. The van der Waals surface area contributed by atoms with Gasteiger partial charge in [0.2, 0.25) is 0 Å². The molecule has 0 saturated carbocycles. The zero-order valence-electron chi connectivity index (χ0n) is 19.7. The summed E-state index contributed by atoms with van der Waals surface area (Å²) in [4.78, 5) is 22.4. The van der Waals surface area contributed by atoms with E-state index >= 15 is 0 Å². The van der Waals surface area contributed by atoms with Gasteiger partial charge in [-0.3, -0.25) is 14.2 Å². The summed E-state index contributed by atoms with van der Waals surface area (Å²) in [6.07, 6.45) is 10.0. The number of carbonyl (C=O) groups is 1. The van der Waals surface area contributed by atoms with Crippen LogP contribution in [0.1, 0.15) is 37.4 Å². The predicted octanol–water partition coefficient (Wildman–Crippen LogP) is 5.19. The lowest BCUT2D eigenvalue weighted by atomic mass is 9.95. The number of rotatable bonds is 7. The van der Waals surface area contributed by atoms with E-state index in [0.29, 0.717) is 24.2 Å². The Morgan fingerprint density at radius 3 is 2.76 bits per heavy atom. The Balaban J connectivity index is 1.94. The fourth-order valence-corrected chi connectivity index (χ4v) is 4.25. The van der Waals surface area contributed by atoms with Crippen molar-refractivity contribution in [2.75, 3.05) is 14.2 Å². The van der Waals surface area contributed by atoms with E-state index in [9.17, 15) is 9.18 Å². The molecule has 3 heterocycles. The van der Waals surface area contributed by atoms with Crippen LogP contribution in [0.15, 0.2) is 65.8 Å². The lowest BCUT2D eigenvalue weighted by Gasteiger charge is -2.17. The molecular weight excluding hydrogens is 431 g/mol. The summed E-state index contributed by atoms with van der Waals surface area (Å²) in [7, 11) is 3.31. The van der Waals surface area contributed by atoms with Crippen LogP contribution in [0, 0.1) is 11.7 Å². The normalized spacial score (nSPS) is 17.3. The highest BCUT2D eigenvalue weighted by Gasteiger charge is 2.25. The minimum absolute atomic E-state index is 0.279. The monoisotopic (exact) mass is 460 g/mol. The van der Waals surface area contributed by atoms with Gasteiger partial charge in [0, 0.05) is 24.0 Å². The lowest BCUT2D eigenvalue weighted by Crippen LogP contribution is -2.25. The maximum atomic E-state index is 13.7. The Labute approximate surface area is 198 Å². The maximum absolute atomic E-state index is 13.7. The fraction of sp³-hybridized carbons (Fsp3) is 0.296. The molecule has 7 heteroatoms. The van der Waals surface area contributed by atoms with Gasteiger partial charge in [0.05, 0.1) is 30.1 Å². The molecule has 34 heavy (non-hydrogen) atoms. The standard InChI is InChI=1S/C27H29FN4O2/c1-4-21(27(33)34-3)22-8-6-5-7-9-23(30-22)26-25(19-10-12-20(28)13-11-19)31-24-16-18(17-29-2)14-15-32(24)26/h5,7,9-16,21,29H,4,6,8,17H2,1-3H3/b7-5-,23-9-,30-22?. The van der Waals surface area contributed by atoms with E-state index in [-0.39, 0.29) is 11.8 Å². The molecule has 1 N–H and O–H groups in total. The molecule has 3 aromatic rings. The zero-order chi connectivity index (χ0) is 24.1. The number of halogens is 1. The van der Waals surface area contributed by atoms with Gasteiger partial charge >= 0.3 is 5.97 Å². The number of ether oxygens (including phenoxy) is 1. The highest BCUT2D eigenvalue weighted by Crippen LogP contribution is 2.32. The van der Waals surface area contributed by atoms with Crippen LogP contribution in [0.25, 0.3) is 22.6 Å². The third-order valence-corrected chi connectivity index (χ3v) is 5.95. The van der Waals surface area contributed by atoms with E-state index in [2.05, 4.69) is 11.4 Å². The number of benzene rings is 1. The molecule has 0 bridgehead atoms. The van der Waals surface area contributed by atoms with Crippen molar-refractivity contribution >= 4 is 23.0 Å². The van der Waals surface area contributed by atoms with Gasteiger partial charge in [-0.2, -0.15) is 0 Å². The molecule has 1 aliphatic rings. The smallest absolute Gasteiger partial charge is 0.314 e. The number of hydrogen-bond acceptors (Lipinski definition) is 5. The second kappa shape index (κ2) is 10.6. The topological polar surface area (TPSA) is 68.0 Å². The third kappa shape index (κ3) is 4.84. The van der Waals surface area contributed by atoms with Crippen LogP contribution < -0.4 is 5.32 Å². The van der Waals surface area contributed by atoms with Crippen molar-refractivity contribution in [3.63, 3.8) is 0 Å². The molecule has 0 amide bonds. The van der Waals surface area contributed by atoms with Crippen LogP contribution >= 0.6 is 0 Å². The number of hydrogen-bond donors (Lipinski definition) is 1.